The lowest BCUT2D eigenvalue weighted by Gasteiger charge is -2.05. The summed E-state index contributed by atoms with van der Waals surface area (Å²) in [5.74, 6) is 0.464. The van der Waals surface area contributed by atoms with Crippen LogP contribution >= 0.6 is 0 Å². The lowest BCUT2D eigenvalue weighted by atomic mass is 10.00. The van der Waals surface area contributed by atoms with Gasteiger partial charge in [0.05, 0.1) is 13.2 Å². The van der Waals surface area contributed by atoms with E-state index in [2.05, 4.69) is 14.8 Å². The zero-order valence-electron chi connectivity index (χ0n) is 8.50. The van der Waals surface area contributed by atoms with Crippen molar-refractivity contribution in [3.05, 3.63) is 0 Å². The average molecular weight is 202 g/mol. The molecule has 0 radical (unpaired) electrons. The first-order valence-corrected chi connectivity index (χ1v) is 5.32. The Bertz CT molecular complexity index is 131. The molecule has 1 saturated carbocycles. The van der Waals surface area contributed by atoms with Gasteiger partial charge in [0.1, 0.15) is 5.78 Å². The van der Waals surface area contributed by atoms with Crippen molar-refractivity contribution in [2.75, 3.05) is 13.2 Å². The third-order valence-electron chi connectivity index (χ3n) is 2.21. The summed E-state index contributed by atoms with van der Waals surface area (Å²) in [6.45, 7) is 1.31. The Hall–Kier alpha value is -0.450. The van der Waals surface area contributed by atoms with Crippen LogP contribution in [0.3, 0.4) is 0 Å². The van der Waals surface area contributed by atoms with Gasteiger partial charge in [-0.2, -0.15) is 0 Å². The van der Waals surface area contributed by atoms with Crippen LogP contribution in [-0.2, 0) is 19.6 Å². The van der Waals surface area contributed by atoms with E-state index in [4.69, 9.17) is 0 Å². The molecule has 0 N–H and O–H groups in total. The molecule has 1 aliphatic carbocycles. The first kappa shape index (κ1) is 11.6. The maximum Gasteiger partial charge on any atom is 0.132 e. The quantitative estimate of drug-likeness (QED) is 0.565. The summed E-state index contributed by atoms with van der Waals surface area (Å²) in [4.78, 5) is 19.4. The van der Waals surface area contributed by atoms with Crippen LogP contribution in [0.5, 0.6) is 0 Å². The monoisotopic (exact) mass is 202 g/mol. The van der Waals surface area contributed by atoms with Crippen molar-refractivity contribution in [2.24, 2.45) is 0 Å². The lowest BCUT2D eigenvalue weighted by Crippen LogP contribution is -2.02. The molecule has 82 valence electrons. The van der Waals surface area contributed by atoms with E-state index in [9.17, 15) is 4.79 Å². The second kappa shape index (κ2) is 7.91. The van der Waals surface area contributed by atoms with Gasteiger partial charge in [-0.15, -0.1) is 0 Å². The van der Waals surface area contributed by atoms with Gasteiger partial charge in [0.25, 0.3) is 0 Å². The molecule has 2 rings (SSSR count). The molecule has 0 unspecified atom stereocenters. The molecular formula is C10H18O4. The molecule has 14 heavy (non-hydrogen) atoms. The normalized spacial score (nSPS) is 23.3. The molecule has 0 aromatic heterocycles. The molecule has 0 amide bonds. The number of rotatable bonds is 0. The minimum atomic E-state index is 0.464. The molecule has 1 aliphatic heterocycles. The Balaban J connectivity index is 0.000000140. The summed E-state index contributed by atoms with van der Waals surface area (Å²) >= 11 is 0. The van der Waals surface area contributed by atoms with Gasteiger partial charge in [-0.25, -0.2) is 9.78 Å². The van der Waals surface area contributed by atoms with Crippen LogP contribution in [0, 0.1) is 0 Å². The molecular weight excluding hydrogens is 184 g/mol. The van der Waals surface area contributed by atoms with E-state index in [1.165, 1.54) is 6.42 Å². The molecule has 2 fully saturated rings. The summed E-state index contributed by atoms with van der Waals surface area (Å²) in [6, 6.07) is 0. The highest BCUT2D eigenvalue weighted by Gasteiger charge is 2.05. The number of hydrogen-bond acceptors (Lipinski definition) is 4. The predicted octanol–water partition coefficient (Wildman–Crippen LogP) is 2.18. The van der Waals surface area contributed by atoms with Crippen LogP contribution in [0.2, 0.25) is 0 Å². The summed E-state index contributed by atoms with van der Waals surface area (Å²) in [5.41, 5.74) is 0. The zero-order valence-corrected chi connectivity index (χ0v) is 8.50. The van der Waals surface area contributed by atoms with Crippen LogP contribution in [0.25, 0.3) is 0 Å². The molecule has 1 saturated heterocycles. The van der Waals surface area contributed by atoms with Gasteiger partial charge in [0, 0.05) is 12.8 Å². The molecule has 4 nitrogen and oxygen atoms in total. The van der Waals surface area contributed by atoms with Gasteiger partial charge in [-0.1, -0.05) is 11.5 Å². The summed E-state index contributed by atoms with van der Waals surface area (Å²) in [6.07, 6.45) is 7.30. The van der Waals surface area contributed by atoms with E-state index in [1.807, 2.05) is 0 Å². The molecule has 0 aromatic rings. The number of Topliss-reactive ketones (excluding diaryl/α,β-unsaturated/α-hetero) is 1. The Labute approximate surface area is 84.4 Å². The smallest absolute Gasteiger partial charge is 0.132 e. The van der Waals surface area contributed by atoms with Crippen LogP contribution in [-0.4, -0.2) is 19.0 Å². The molecule has 0 atom stereocenters. The molecule has 2 aliphatic rings. The Morgan fingerprint density at radius 1 is 0.786 bits per heavy atom. The highest BCUT2D eigenvalue weighted by atomic mass is 17.5. The third kappa shape index (κ3) is 6.07. The summed E-state index contributed by atoms with van der Waals surface area (Å²) in [7, 11) is 0. The van der Waals surface area contributed by atoms with E-state index >= 15 is 0 Å². The van der Waals surface area contributed by atoms with Gasteiger partial charge >= 0.3 is 0 Å². The topological polar surface area (TPSA) is 44.8 Å². The van der Waals surface area contributed by atoms with Crippen molar-refractivity contribution >= 4 is 5.78 Å². The first-order valence-electron chi connectivity index (χ1n) is 5.32. The van der Waals surface area contributed by atoms with E-state index in [1.54, 1.807) is 0 Å². The standard InChI is InChI=1S/C6H10O.C4H8O3/c7-6-4-2-1-3-5-6;1-2-4-6-7-5-3-1/h1-5H2;1-4H2. The number of carbonyl (C=O) groups is 1. The Kier molecular flexibility index (Phi) is 6.57. The van der Waals surface area contributed by atoms with E-state index in [-0.39, 0.29) is 0 Å². The number of hydrogen-bond donors (Lipinski definition) is 0. The second-order valence-electron chi connectivity index (χ2n) is 3.52. The fourth-order valence-corrected chi connectivity index (χ4v) is 1.37. The molecule has 1 heterocycles. The summed E-state index contributed by atoms with van der Waals surface area (Å²) in [5, 5.41) is 4.19. The van der Waals surface area contributed by atoms with Crippen molar-refractivity contribution in [3.63, 3.8) is 0 Å². The lowest BCUT2D eigenvalue weighted by molar-refractivity contribution is -0.504. The average Bonchev–Trinajstić information content (AvgIpc) is 2.51. The maximum absolute atomic E-state index is 10.5. The molecule has 0 bridgehead atoms. The van der Waals surface area contributed by atoms with Gasteiger partial charge < -0.3 is 0 Å². The minimum absolute atomic E-state index is 0.464. The largest absolute Gasteiger partial charge is 0.300 e. The van der Waals surface area contributed by atoms with E-state index in [0.717, 1.165) is 38.5 Å². The molecule has 4 heteroatoms. The fraction of sp³-hybridized carbons (Fsp3) is 0.900. The van der Waals surface area contributed by atoms with E-state index < -0.39 is 0 Å². The van der Waals surface area contributed by atoms with E-state index in [0.29, 0.717) is 19.0 Å². The van der Waals surface area contributed by atoms with Gasteiger partial charge in [-0.3, -0.25) is 4.79 Å². The molecule has 0 spiro atoms. The van der Waals surface area contributed by atoms with Crippen molar-refractivity contribution in [1.29, 1.82) is 0 Å². The van der Waals surface area contributed by atoms with Crippen LogP contribution in [0.1, 0.15) is 44.9 Å². The Morgan fingerprint density at radius 3 is 1.79 bits per heavy atom. The van der Waals surface area contributed by atoms with Gasteiger partial charge in [0.15, 0.2) is 0 Å². The summed E-state index contributed by atoms with van der Waals surface area (Å²) < 4.78 is 0. The number of ketones is 1. The SMILES string of the molecule is C1CCOOOC1.O=C1CCCCC1. The predicted molar refractivity (Wildman–Crippen MR) is 50.3 cm³/mol. The van der Waals surface area contributed by atoms with Crippen LogP contribution < -0.4 is 0 Å². The van der Waals surface area contributed by atoms with Crippen LogP contribution in [0.4, 0.5) is 0 Å². The highest BCUT2D eigenvalue weighted by Crippen LogP contribution is 2.12. The molecule has 0 aromatic carbocycles. The number of carbonyl (C=O) groups excluding carboxylic acids is 1. The minimum Gasteiger partial charge on any atom is -0.300 e. The second-order valence-corrected chi connectivity index (χ2v) is 3.52. The highest BCUT2D eigenvalue weighted by molar-refractivity contribution is 5.78. The van der Waals surface area contributed by atoms with Crippen LogP contribution in [0.15, 0.2) is 0 Å². The van der Waals surface area contributed by atoms with Gasteiger partial charge in [0.2, 0.25) is 0 Å². The third-order valence-corrected chi connectivity index (χ3v) is 2.21. The van der Waals surface area contributed by atoms with Gasteiger partial charge in [-0.05, 0) is 25.7 Å². The van der Waals surface area contributed by atoms with Crippen molar-refractivity contribution in [2.45, 2.75) is 44.9 Å². The van der Waals surface area contributed by atoms with Crippen molar-refractivity contribution in [3.8, 4) is 0 Å². The maximum atomic E-state index is 10.5. The Morgan fingerprint density at radius 2 is 1.36 bits per heavy atom. The van der Waals surface area contributed by atoms with Crippen molar-refractivity contribution < 1.29 is 19.6 Å². The zero-order chi connectivity index (χ0) is 10.1. The van der Waals surface area contributed by atoms with Crippen molar-refractivity contribution in [1.82, 2.24) is 0 Å². The first-order chi connectivity index (χ1) is 6.89. The fourth-order valence-electron chi connectivity index (χ4n) is 1.37.